The molecule has 0 aliphatic rings. The topological polar surface area (TPSA) is 84.7 Å². The van der Waals surface area contributed by atoms with Gasteiger partial charge in [0.2, 0.25) is 0 Å². The van der Waals surface area contributed by atoms with Gasteiger partial charge in [0.25, 0.3) is 5.91 Å². The van der Waals surface area contributed by atoms with Gasteiger partial charge in [-0.1, -0.05) is 6.92 Å². The van der Waals surface area contributed by atoms with Crippen molar-refractivity contribution in [2.75, 3.05) is 18.4 Å². The summed E-state index contributed by atoms with van der Waals surface area (Å²) in [5, 5.41) is 10.1. The molecule has 2 aromatic rings. The maximum atomic E-state index is 11.9. The number of anilines is 1. The highest BCUT2D eigenvalue weighted by atomic mass is 16.1. The number of nitrogens with one attached hydrogen (secondary N) is 2. The van der Waals surface area contributed by atoms with Crippen LogP contribution in [0.3, 0.4) is 0 Å². The van der Waals surface area contributed by atoms with E-state index in [9.17, 15) is 4.79 Å². The van der Waals surface area contributed by atoms with E-state index in [-0.39, 0.29) is 5.91 Å². The van der Waals surface area contributed by atoms with Crippen LogP contribution in [0.5, 0.6) is 0 Å². The number of hydrogen-bond donors (Lipinski definition) is 2. The molecule has 0 spiro atoms. The molecule has 2 N–H and O–H groups in total. The van der Waals surface area contributed by atoms with E-state index in [0.29, 0.717) is 24.6 Å². The Balaban J connectivity index is 1.79. The van der Waals surface area contributed by atoms with Gasteiger partial charge in [-0.05, 0) is 18.9 Å². The highest BCUT2D eigenvalue weighted by Gasteiger charge is 2.07. The van der Waals surface area contributed by atoms with Gasteiger partial charge in [0.05, 0.1) is 25.1 Å². The lowest BCUT2D eigenvalue weighted by molar-refractivity contribution is 0.0946. The predicted octanol–water partition coefficient (Wildman–Crippen LogP) is 1.23. The maximum Gasteiger partial charge on any atom is 0.271 e. The Hall–Kier alpha value is -2.44. The maximum absolute atomic E-state index is 11.9. The Morgan fingerprint density at radius 1 is 1.24 bits per heavy atom. The van der Waals surface area contributed by atoms with Crippen molar-refractivity contribution in [2.24, 2.45) is 0 Å². The number of rotatable bonds is 7. The van der Waals surface area contributed by atoms with E-state index in [1.807, 2.05) is 13.1 Å². The molecule has 0 bridgehead atoms. The van der Waals surface area contributed by atoms with E-state index in [0.717, 1.165) is 18.5 Å². The Labute approximate surface area is 123 Å². The Bertz CT molecular complexity index is 577. The van der Waals surface area contributed by atoms with Gasteiger partial charge < -0.3 is 10.6 Å². The van der Waals surface area contributed by atoms with Crippen LogP contribution in [0.15, 0.2) is 24.8 Å². The van der Waals surface area contributed by atoms with Crippen LogP contribution in [0.4, 0.5) is 5.82 Å². The first-order chi connectivity index (χ1) is 10.2. The van der Waals surface area contributed by atoms with E-state index in [1.54, 1.807) is 17.1 Å². The zero-order valence-corrected chi connectivity index (χ0v) is 12.3. The third kappa shape index (κ3) is 4.55. The molecule has 0 radical (unpaired) electrons. The molecular formula is C14H20N6O. The minimum absolute atomic E-state index is 0.228. The SMILES string of the molecule is CCCNc1cnc(C(=O)NCCn2cc(C)cn2)cn1. The summed E-state index contributed by atoms with van der Waals surface area (Å²) in [5.74, 6) is 0.453. The Morgan fingerprint density at radius 2 is 2.10 bits per heavy atom. The van der Waals surface area contributed by atoms with Gasteiger partial charge in [0.1, 0.15) is 11.5 Å². The summed E-state index contributed by atoms with van der Waals surface area (Å²) >= 11 is 0. The van der Waals surface area contributed by atoms with Gasteiger partial charge in [-0.25, -0.2) is 9.97 Å². The molecule has 0 fully saturated rings. The summed E-state index contributed by atoms with van der Waals surface area (Å²) in [6.45, 7) is 6.01. The molecule has 2 rings (SSSR count). The van der Waals surface area contributed by atoms with Crippen LogP contribution < -0.4 is 10.6 Å². The predicted molar refractivity (Wildman–Crippen MR) is 80.1 cm³/mol. The first-order valence-corrected chi connectivity index (χ1v) is 7.02. The third-order valence-electron chi connectivity index (χ3n) is 2.83. The van der Waals surface area contributed by atoms with Crippen LogP contribution in [-0.2, 0) is 6.54 Å². The number of carbonyl (C=O) groups is 1. The van der Waals surface area contributed by atoms with Crippen molar-refractivity contribution < 1.29 is 4.79 Å². The van der Waals surface area contributed by atoms with E-state index in [2.05, 4.69) is 32.6 Å². The molecule has 7 heteroatoms. The summed E-state index contributed by atoms with van der Waals surface area (Å²) in [7, 11) is 0. The van der Waals surface area contributed by atoms with Gasteiger partial charge in [0, 0.05) is 19.3 Å². The van der Waals surface area contributed by atoms with Crippen LogP contribution in [-0.4, -0.2) is 38.7 Å². The van der Waals surface area contributed by atoms with Crippen LogP contribution in [0.2, 0.25) is 0 Å². The van der Waals surface area contributed by atoms with E-state index in [4.69, 9.17) is 0 Å². The minimum Gasteiger partial charge on any atom is -0.369 e. The largest absolute Gasteiger partial charge is 0.369 e. The normalized spacial score (nSPS) is 10.4. The van der Waals surface area contributed by atoms with Gasteiger partial charge in [-0.15, -0.1) is 0 Å². The standard InChI is InChI=1S/C14H20N6O/c1-3-4-15-13-9-17-12(8-18-13)14(21)16-5-6-20-10-11(2)7-19-20/h7-10H,3-6H2,1-2H3,(H,15,18)(H,16,21). The third-order valence-corrected chi connectivity index (χ3v) is 2.83. The first-order valence-electron chi connectivity index (χ1n) is 7.02. The minimum atomic E-state index is -0.228. The molecule has 21 heavy (non-hydrogen) atoms. The summed E-state index contributed by atoms with van der Waals surface area (Å²) in [5.41, 5.74) is 1.41. The molecule has 0 aromatic carbocycles. The van der Waals surface area contributed by atoms with Crippen LogP contribution in [0.25, 0.3) is 0 Å². The van der Waals surface area contributed by atoms with Crippen molar-refractivity contribution in [3.05, 3.63) is 36.0 Å². The molecule has 2 heterocycles. The molecule has 0 aliphatic heterocycles. The Kier molecular flexibility index (Phi) is 5.25. The molecule has 0 saturated carbocycles. The van der Waals surface area contributed by atoms with Crippen molar-refractivity contribution in [3.8, 4) is 0 Å². The van der Waals surface area contributed by atoms with E-state index < -0.39 is 0 Å². The highest BCUT2D eigenvalue weighted by Crippen LogP contribution is 2.01. The summed E-state index contributed by atoms with van der Waals surface area (Å²) in [6, 6.07) is 0. The summed E-state index contributed by atoms with van der Waals surface area (Å²) in [4.78, 5) is 20.2. The van der Waals surface area contributed by atoms with Crippen LogP contribution in [0, 0.1) is 6.92 Å². The number of hydrogen-bond acceptors (Lipinski definition) is 5. The molecule has 1 amide bonds. The second-order valence-corrected chi connectivity index (χ2v) is 4.75. The van der Waals surface area contributed by atoms with Crippen LogP contribution >= 0.6 is 0 Å². The van der Waals surface area contributed by atoms with Gasteiger partial charge in [-0.3, -0.25) is 9.48 Å². The van der Waals surface area contributed by atoms with Gasteiger partial charge in [-0.2, -0.15) is 5.10 Å². The van der Waals surface area contributed by atoms with Crippen molar-refractivity contribution >= 4 is 11.7 Å². The number of aryl methyl sites for hydroxylation is 1. The average molecular weight is 288 g/mol. The average Bonchev–Trinajstić information content (AvgIpc) is 2.91. The zero-order valence-electron chi connectivity index (χ0n) is 12.3. The lowest BCUT2D eigenvalue weighted by Gasteiger charge is -2.06. The molecule has 7 nitrogen and oxygen atoms in total. The van der Waals surface area contributed by atoms with Crippen LogP contribution in [0.1, 0.15) is 29.4 Å². The zero-order chi connectivity index (χ0) is 15.1. The van der Waals surface area contributed by atoms with Crippen molar-refractivity contribution in [2.45, 2.75) is 26.8 Å². The van der Waals surface area contributed by atoms with Crippen molar-refractivity contribution in [3.63, 3.8) is 0 Å². The molecule has 0 saturated heterocycles. The number of aromatic nitrogens is 4. The fourth-order valence-electron chi connectivity index (χ4n) is 1.75. The summed E-state index contributed by atoms with van der Waals surface area (Å²) < 4.78 is 1.79. The van der Waals surface area contributed by atoms with E-state index in [1.165, 1.54) is 6.20 Å². The van der Waals surface area contributed by atoms with Crippen molar-refractivity contribution in [1.82, 2.24) is 25.1 Å². The number of nitrogens with zero attached hydrogens (tertiary/aromatic N) is 4. The Morgan fingerprint density at radius 3 is 2.71 bits per heavy atom. The fraction of sp³-hybridized carbons (Fsp3) is 0.429. The first kappa shape index (κ1) is 15.0. The smallest absolute Gasteiger partial charge is 0.271 e. The molecular weight excluding hydrogens is 268 g/mol. The van der Waals surface area contributed by atoms with Gasteiger partial charge >= 0.3 is 0 Å². The molecule has 0 unspecified atom stereocenters. The molecule has 2 aromatic heterocycles. The quantitative estimate of drug-likeness (QED) is 0.800. The second-order valence-electron chi connectivity index (χ2n) is 4.75. The monoisotopic (exact) mass is 288 g/mol. The van der Waals surface area contributed by atoms with Crippen molar-refractivity contribution in [1.29, 1.82) is 0 Å². The van der Waals surface area contributed by atoms with E-state index >= 15 is 0 Å². The lowest BCUT2D eigenvalue weighted by atomic mass is 10.4. The molecule has 0 aliphatic carbocycles. The second kappa shape index (κ2) is 7.37. The number of carbonyl (C=O) groups excluding carboxylic acids is 1. The number of amides is 1. The molecule has 0 atom stereocenters. The highest BCUT2D eigenvalue weighted by molar-refractivity contribution is 5.91. The molecule has 112 valence electrons. The lowest BCUT2D eigenvalue weighted by Crippen LogP contribution is -2.28. The summed E-state index contributed by atoms with van der Waals surface area (Å²) in [6.07, 6.45) is 7.78. The van der Waals surface area contributed by atoms with Gasteiger partial charge in [0.15, 0.2) is 0 Å². The fourth-order valence-corrected chi connectivity index (χ4v) is 1.75.